The number of amides is 1. The Bertz CT molecular complexity index is 486. The van der Waals surface area contributed by atoms with Crippen LogP contribution in [0, 0.1) is 11.8 Å². The maximum Gasteiger partial charge on any atom is 0.306 e. The second-order valence-electron chi connectivity index (χ2n) is 5.81. The van der Waals surface area contributed by atoms with Crippen LogP contribution in [0.3, 0.4) is 0 Å². The monoisotopic (exact) mass is 289 g/mol. The Morgan fingerprint density at radius 2 is 1.90 bits per heavy atom. The molecule has 4 heteroatoms. The van der Waals surface area contributed by atoms with Gasteiger partial charge in [0.2, 0.25) is 5.91 Å². The zero-order valence-electron chi connectivity index (χ0n) is 12.4. The summed E-state index contributed by atoms with van der Waals surface area (Å²) in [4.78, 5) is 23.4. The van der Waals surface area contributed by atoms with Crippen molar-refractivity contribution < 1.29 is 14.7 Å². The van der Waals surface area contributed by atoms with E-state index < -0.39 is 5.97 Å². The molecule has 4 nitrogen and oxygen atoms in total. The molecule has 2 rings (SSSR count). The maximum absolute atomic E-state index is 12.4. The lowest BCUT2D eigenvalue weighted by Crippen LogP contribution is -2.33. The van der Waals surface area contributed by atoms with Crippen LogP contribution in [0.5, 0.6) is 0 Å². The maximum atomic E-state index is 12.4. The molecule has 1 fully saturated rings. The van der Waals surface area contributed by atoms with Gasteiger partial charge in [0.15, 0.2) is 0 Å². The molecule has 1 unspecified atom stereocenters. The number of carbonyl (C=O) groups is 2. The Morgan fingerprint density at radius 3 is 2.48 bits per heavy atom. The topological polar surface area (TPSA) is 66.4 Å². The molecule has 0 bridgehead atoms. The van der Waals surface area contributed by atoms with Crippen molar-refractivity contribution in [1.82, 2.24) is 5.32 Å². The molecular formula is C17H23NO3. The molecule has 2 N–H and O–H groups in total. The molecule has 1 aromatic carbocycles. The largest absolute Gasteiger partial charge is 0.481 e. The van der Waals surface area contributed by atoms with E-state index >= 15 is 0 Å². The van der Waals surface area contributed by atoms with Crippen LogP contribution in [0.25, 0.3) is 0 Å². The second-order valence-corrected chi connectivity index (χ2v) is 5.81. The summed E-state index contributed by atoms with van der Waals surface area (Å²) in [5, 5.41) is 12.1. The lowest BCUT2D eigenvalue weighted by Gasteiger charge is -2.21. The van der Waals surface area contributed by atoms with Crippen molar-refractivity contribution in [2.75, 3.05) is 0 Å². The van der Waals surface area contributed by atoms with Crippen molar-refractivity contribution in [3.8, 4) is 0 Å². The van der Waals surface area contributed by atoms with Gasteiger partial charge in [-0.05, 0) is 31.2 Å². The molecule has 3 atom stereocenters. The van der Waals surface area contributed by atoms with Gasteiger partial charge in [-0.15, -0.1) is 0 Å². The van der Waals surface area contributed by atoms with Crippen LogP contribution in [0.1, 0.15) is 50.6 Å². The van der Waals surface area contributed by atoms with Gasteiger partial charge in [-0.1, -0.05) is 43.7 Å². The minimum absolute atomic E-state index is 0.000975. The predicted molar refractivity (Wildman–Crippen MR) is 80.7 cm³/mol. The molecule has 1 amide bonds. The van der Waals surface area contributed by atoms with Crippen LogP contribution in [0.4, 0.5) is 0 Å². The smallest absolute Gasteiger partial charge is 0.306 e. The number of benzene rings is 1. The van der Waals surface area contributed by atoms with Crippen LogP contribution in [0.15, 0.2) is 30.3 Å². The molecule has 0 heterocycles. The average Bonchev–Trinajstić information content (AvgIpc) is 2.98. The Kier molecular flexibility index (Phi) is 5.37. The van der Waals surface area contributed by atoms with Gasteiger partial charge in [0.05, 0.1) is 12.0 Å². The van der Waals surface area contributed by atoms with Crippen molar-refractivity contribution in [2.45, 2.75) is 45.1 Å². The molecule has 1 saturated carbocycles. The number of aliphatic carboxylic acids is 1. The van der Waals surface area contributed by atoms with E-state index in [-0.39, 0.29) is 23.8 Å². The molecule has 0 saturated heterocycles. The molecule has 0 spiro atoms. The first-order chi connectivity index (χ1) is 10.1. The summed E-state index contributed by atoms with van der Waals surface area (Å²) >= 11 is 0. The van der Waals surface area contributed by atoms with E-state index in [9.17, 15) is 9.59 Å². The van der Waals surface area contributed by atoms with Gasteiger partial charge >= 0.3 is 5.97 Å². The highest BCUT2D eigenvalue weighted by molar-refractivity contribution is 5.81. The van der Waals surface area contributed by atoms with Crippen LogP contribution in [-0.2, 0) is 9.59 Å². The van der Waals surface area contributed by atoms with Crippen LogP contribution in [0.2, 0.25) is 0 Å². The lowest BCUT2D eigenvalue weighted by atomic mass is 9.99. The SMILES string of the molecule is CCCC(NC(=O)[C@@H]1CC[C@H](C(=O)O)C1)c1ccccc1. The molecule has 1 aliphatic carbocycles. The molecule has 0 radical (unpaired) electrons. The number of carboxylic acids is 1. The van der Waals surface area contributed by atoms with Crippen molar-refractivity contribution in [3.05, 3.63) is 35.9 Å². The molecule has 1 aromatic rings. The summed E-state index contributed by atoms with van der Waals surface area (Å²) in [6.07, 6.45) is 3.63. The fourth-order valence-electron chi connectivity index (χ4n) is 3.03. The third kappa shape index (κ3) is 4.06. The number of hydrogen-bond acceptors (Lipinski definition) is 2. The lowest BCUT2D eigenvalue weighted by molar-refractivity contribution is -0.141. The third-order valence-electron chi connectivity index (χ3n) is 4.25. The zero-order valence-corrected chi connectivity index (χ0v) is 12.4. The van der Waals surface area contributed by atoms with Crippen molar-refractivity contribution in [3.63, 3.8) is 0 Å². The first-order valence-electron chi connectivity index (χ1n) is 7.70. The first kappa shape index (κ1) is 15.5. The van der Waals surface area contributed by atoms with E-state index in [0.29, 0.717) is 19.3 Å². The van der Waals surface area contributed by atoms with Crippen LogP contribution < -0.4 is 5.32 Å². The standard InChI is InChI=1S/C17H23NO3/c1-2-6-15(12-7-4-3-5-8-12)18-16(19)13-9-10-14(11-13)17(20)21/h3-5,7-8,13-15H,2,6,9-11H2,1H3,(H,18,19)(H,20,21)/t13-,14+,15?/m1/s1. The number of rotatable bonds is 6. The van der Waals surface area contributed by atoms with E-state index in [4.69, 9.17) is 5.11 Å². The van der Waals surface area contributed by atoms with Crippen molar-refractivity contribution >= 4 is 11.9 Å². The molecule has 1 aliphatic rings. The van der Waals surface area contributed by atoms with Gasteiger partial charge in [-0.2, -0.15) is 0 Å². The summed E-state index contributed by atoms with van der Waals surface area (Å²) in [5.74, 6) is -1.30. The van der Waals surface area contributed by atoms with Crippen molar-refractivity contribution in [2.24, 2.45) is 11.8 Å². The van der Waals surface area contributed by atoms with Crippen LogP contribution >= 0.6 is 0 Å². The summed E-state index contributed by atoms with van der Waals surface area (Å²) in [7, 11) is 0. The zero-order chi connectivity index (χ0) is 15.2. The number of carbonyl (C=O) groups excluding carboxylic acids is 1. The molecule has 0 aromatic heterocycles. The summed E-state index contributed by atoms with van der Waals surface area (Å²) in [6.45, 7) is 2.10. The number of hydrogen-bond donors (Lipinski definition) is 2. The highest BCUT2D eigenvalue weighted by atomic mass is 16.4. The number of carboxylic acid groups (broad SMARTS) is 1. The highest BCUT2D eigenvalue weighted by Crippen LogP contribution is 2.32. The summed E-state index contributed by atoms with van der Waals surface area (Å²) < 4.78 is 0. The normalized spacial score (nSPS) is 22.7. The summed E-state index contributed by atoms with van der Waals surface area (Å²) in [5.41, 5.74) is 1.11. The van der Waals surface area contributed by atoms with Gasteiger partial charge in [-0.25, -0.2) is 0 Å². The van der Waals surface area contributed by atoms with E-state index in [2.05, 4.69) is 12.2 Å². The number of nitrogens with one attached hydrogen (secondary N) is 1. The molecule has 0 aliphatic heterocycles. The van der Waals surface area contributed by atoms with E-state index in [1.807, 2.05) is 30.3 Å². The Balaban J connectivity index is 1.98. The predicted octanol–water partition coefficient (Wildman–Crippen LogP) is 3.14. The van der Waals surface area contributed by atoms with E-state index in [0.717, 1.165) is 18.4 Å². The van der Waals surface area contributed by atoms with Gasteiger partial charge in [0, 0.05) is 5.92 Å². The fraction of sp³-hybridized carbons (Fsp3) is 0.529. The van der Waals surface area contributed by atoms with Gasteiger partial charge in [0.25, 0.3) is 0 Å². The average molecular weight is 289 g/mol. The van der Waals surface area contributed by atoms with Gasteiger partial charge < -0.3 is 10.4 Å². The molecular weight excluding hydrogens is 266 g/mol. The van der Waals surface area contributed by atoms with Gasteiger partial charge in [0.1, 0.15) is 0 Å². The molecule has 114 valence electrons. The van der Waals surface area contributed by atoms with E-state index in [1.165, 1.54) is 0 Å². The minimum atomic E-state index is -0.779. The Morgan fingerprint density at radius 1 is 1.24 bits per heavy atom. The van der Waals surface area contributed by atoms with Crippen LogP contribution in [-0.4, -0.2) is 17.0 Å². The van der Waals surface area contributed by atoms with Gasteiger partial charge in [-0.3, -0.25) is 9.59 Å². The fourth-order valence-corrected chi connectivity index (χ4v) is 3.03. The molecule has 21 heavy (non-hydrogen) atoms. The minimum Gasteiger partial charge on any atom is -0.481 e. The third-order valence-corrected chi connectivity index (χ3v) is 4.25. The quantitative estimate of drug-likeness (QED) is 0.845. The van der Waals surface area contributed by atoms with Crippen molar-refractivity contribution in [1.29, 1.82) is 0 Å². The Labute approximate surface area is 125 Å². The summed E-state index contributed by atoms with van der Waals surface area (Å²) in [6, 6.07) is 9.97. The van der Waals surface area contributed by atoms with E-state index in [1.54, 1.807) is 0 Å². The first-order valence-corrected chi connectivity index (χ1v) is 7.70. The highest BCUT2D eigenvalue weighted by Gasteiger charge is 2.34. The Hall–Kier alpha value is -1.84. The second kappa shape index (κ2) is 7.25.